The number of anilines is 2. The van der Waals surface area contributed by atoms with Crippen molar-refractivity contribution in [3.8, 4) is 11.5 Å². The number of hydrogen-bond acceptors (Lipinski definition) is 8. The molecule has 0 spiro atoms. The minimum absolute atomic E-state index is 0. The van der Waals surface area contributed by atoms with Crippen LogP contribution in [0.1, 0.15) is 70.4 Å². The van der Waals surface area contributed by atoms with Crippen LogP contribution in [-0.4, -0.2) is 107 Å². The van der Waals surface area contributed by atoms with E-state index in [2.05, 4.69) is 46.6 Å². The maximum atomic E-state index is 12.0. The van der Waals surface area contributed by atoms with Crippen molar-refractivity contribution in [3.05, 3.63) is 115 Å². The van der Waals surface area contributed by atoms with E-state index in [1.807, 2.05) is 72.8 Å². The Morgan fingerprint density at radius 2 is 1.12 bits per heavy atom. The first-order valence-corrected chi connectivity index (χ1v) is 24.8. The number of carbonyl (C=O) groups excluding carboxylic acids is 2. The SMILES string of the molecule is Cl.Clc1cccc(N2CCCNCC2)c1Cl.O=C1NCCc2ccc(OCCCCBr)cc21.O=C1NCCc2ccc(OCCCCN3CCCN(c4cccc(Cl)c4Cl)CC3)cc21. The van der Waals surface area contributed by atoms with Gasteiger partial charge in [-0.2, -0.15) is 0 Å². The van der Waals surface area contributed by atoms with Crippen LogP contribution in [0.2, 0.25) is 20.1 Å². The molecule has 64 heavy (non-hydrogen) atoms. The Balaban J connectivity index is 0.000000197. The smallest absolute Gasteiger partial charge is 0.251 e. The van der Waals surface area contributed by atoms with Gasteiger partial charge in [0.2, 0.25) is 0 Å². The maximum absolute atomic E-state index is 12.0. The van der Waals surface area contributed by atoms with E-state index >= 15 is 0 Å². The minimum atomic E-state index is 0. The third-order valence-corrected chi connectivity index (χ3v) is 13.6. The Morgan fingerprint density at radius 3 is 1.70 bits per heavy atom. The van der Waals surface area contributed by atoms with Crippen LogP contribution in [0.15, 0.2) is 72.8 Å². The van der Waals surface area contributed by atoms with Crippen molar-refractivity contribution in [3.63, 3.8) is 0 Å². The van der Waals surface area contributed by atoms with Crippen molar-refractivity contribution in [1.29, 1.82) is 0 Å². The molecule has 0 bridgehead atoms. The highest BCUT2D eigenvalue weighted by atomic mass is 79.9. The molecule has 0 atom stereocenters. The molecule has 0 saturated carbocycles. The molecule has 8 rings (SSSR count). The monoisotopic (exact) mass is 1040 g/mol. The Morgan fingerprint density at radius 1 is 0.578 bits per heavy atom. The molecule has 0 radical (unpaired) electrons. The van der Waals surface area contributed by atoms with E-state index in [1.54, 1.807) is 0 Å². The average molecular weight is 1040 g/mol. The molecule has 4 aliphatic rings. The van der Waals surface area contributed by atoms with E-state index in [4.69, 9.17) is 55.9 Å². The molecule has 4 aromatic rings. The summed E-state index contributed by atoms with van der Waals surface area (Å²) in [4.78, 5) is 30.8. The van der Waals surface area contributed by atoms with Gasteiger partial charge in [-0.15, -0.1) is 12.4 Å². The predicted molar refractivity (Wildman–Crippen MR) is 271 cm³/mol. The zero-order valence-corrected chi connectivity index (χ0v) is 41.7. The molecule has 348 valence electrons. The van der Waals surface area contributed by atoms with Gasteiger partial charge in [-0.3, -0.25) is 9.59 Å². The molecular formula is C48H60BrCl5N6O4. The summed E-state index contributed by atoms with van der Waals surface area (Å²) in [5.74, 6) is 1.58. The largest absolute Gasteiger partial charge is 0.494 e. The number of nitrogens with one attached hydrogen (secondary N) is 3. The first kappa shape index (κ1) is 51.8. The fourth-order valence-electron chi connectivity index (χ4n) is 7.97. The lowest BCUT2D eigenvalue weighted by Gasteiger charge is -2.25. The number of alkyl halides is 1. The highest BCUT2D eigenvalue weighted by Crippen LogP contribution is 2.34. The van der Waals surface area contributed by atoms with Crippen LogP contribution in [0.4, 0.5) is 11.4 Å². The fourth-order valence-corrected chi connectivity index (χ4v) is 9.20. The van der Waals surface area contributed by atoms with Crippen LogP contribution < -0.4 is 35.2 Å². The number of unbranched alkanes of at least 4 members (excludes halogenated alkanes) is 2. The van der Waals surface area contributed by atoms with Crippen molar-refractivity contribution in [1.82, 2.24) is 20.9 Å². The van der Waals surface area contributed by atoms with Crippen LogP contribution in [0.3, 0.4) is 0 Å². The van der Waals surface area contributed by atoms with Crippen LogP contribution in [0.5, 0.6) is 11.5 Å². The number of amides is 2. The molecule has 0 aromatic heterocycles. The van der Waals surface area contributed by atoms with E-state index in [1.165, 1.54) is 0 Å². The second-order valence-electron chi connectivity index (χ2n) is 15.9. The molecule has 3 N–H and O–H groups in total. The van der Waals surface area contributed by atoms with Gasteiger partial charge < -0.3 is 40.1 Å². The number of benzene rings is 4. The van der Waals surface area contributed by atoms with Gasteiger partial charge in [0.25, 0.3) is 11.8 Å². The fraction of sp³-hybridized carbons (Fsp3) is 0.458. The second kappa shape index (κ2) is 27.5. The quantitative estimate of drug-likeness (QED) is 0.0900. The van der Waals surface area contributed by atoms with Gasteiger partial charge >= 0.3 is 0 Å². The first-order valence-electron chi connectivity index (χ1n) is 22.2. The first-order chi connectivity index (χ1) is 30.7. The maximum Gasteiger partial charge on any atom is 0.251 e. The van der Waals surface area contributed by atoms with Crippen molar-refractivity contribution in [2.24, 2.45) is 0 Å². The summed E-state index contributed by atoms with van der Waals surface area (Å²) in [6.07, 6.45) is 8.25. The summed E-state index contributed by atoms with van der Waals surface area (Å²) in [5, 5.41) is 12.6. The van der Waals surface area contributed by atoms with E-state index in [0.29, 0.717) is 39.8 Å². The third-order valence-electron chi connectivity index (χ3n) is 11.4. The molecule has 10 nitrogen and oxygen atoms in total. The summed E-state index contributed by atoms with van der Waals surface area (Å²) in [6, 6.07) is 23.3. The molecule has 4 aromatic carbocycles. The third kappa shape index (κ3) is 15.5. The molecule has 4 aliphatic heterocycles. The Labute approximate surface area is 413 Å². The molecule has 2 saturated heterocycles. The summed E-state index contributed by atoms with van der Waals surface area (Å²) in [6.45, 7) is 12.0. The van der Waals surface area contributed by atoms with Gasteiger partial charge in [-0.1, -0.05) is 86.6 Å². The van der Waals surface area contributed by atoms with Gasteiger partial charge in [-0.25, -0.2) is 0 Å². The van der Waals surface area contributed by atoms with Crippen LogP contribution in [-0.2, 0) is 12.8 Å². The molecule has 0 aliphatic carbocycles. The van der Waals surface area contributed by atoms with Gasteiger partial charge in [0, 0.05) is 68.8 Å². The number of fused-ring (bicyclic) bond motifs is 2. The molecule has 2 fully saturated rings. The lowest BCUT2D eigenvalue weighted by Crippen LogP contribution is -2.31. The van der Waals surface area contributed by atoms with E-state index in [0.717, 1.165) is 167 Å². The molecule has 0 unspecified atom stereocenters. The van der Waals surface area contributed by atoms with Crippen LogP contribution in [0.25, 0.3) is 0 Å². The zero-order chi connectivity index (χ0) is 44.4. The van der Waals surface area contributed by atoms with Crippen LogP contribution >= 0.6 is 74.7 Å². The van der Waals surface area contributed by atoms with Gasteiger partial charge in [0.05, 0.1) is 44.7 Å². The number of carbonyl (C=O) groups is 2. The number of halogens is 6. The molecule has 16 heteroatoms. The lowest BCUT2D eigenvalue weighted by molar-refractivity contribution is 0.0937. The number of nitrogens with zero attached hydrogens (tertiary/aromatic N) is 3. The average Bonchev–Trinajstić information content (AvgIpc) is 3.72. The van der Waals surface area contributed by atoms with Gasteiger partial charge in [-0.05, 0) is 131 Å². The van der Waals surface area contributed by atoms with Crippen LogP contribution in [0, 0.1) is 0 Å². The molecule has 4 heterocycles. The Hall–Kier alpha value is -3.13. The lowest BCUT2D eigenvalue weighted by atomic mass is 10.0. The van der Waals surface area contributed by atoms with Crippen molar-refractivity contribution < 1.29 is 19.1 Å². The standard InChI is InChI=1S/C24H29Cl2N3O2.C13H16BrNO2.C11H14Cl2N2.ClH/c25-21-5-3-6-22(23(21)26)29-13-4-12-28(14-15-29)11-1-2-16-31-19-8-7-18-9-10-27-24(30)20(18)17-19;14-6-1-2-8-17-11-4-3-10-5-7-15-13(16)12(10)9-11;12-9-3-1-4-10(11(9)13)15-7-2-5-14-6-8-15;/h3,5-8,17H,1-2,4,9-16H2,(H,27,30);3-4,9H,1-2,5-8H2,(H,15,16);1,3-4,14H,2,5-8H2;1H. The predicted octanol–water partition coefficient (Wildman–Crippen LogP) is 10.4. The summed E-state index contributed by atoms with van der Waals surface area (Å²) < 4.78 is 11.5. The normalized spacial score (nSPS) is 16.1. The highest BCUT2D eigenvalue weighted by molar-refractivity contribution is 9.09. The number of rotatable bonds is 13. The van der Waals surface area contributed by atoms with E-state index in [9.17, 15) is 9.59 Å². The van der Waals surface area contributed by atoms with Gasteiger partial charge in [0.15, 0.2) is 0 Å². The van der Waals surface area contributed by atoms with E-state index < -0.39 is 0 Å². The molecular weight excluding hydrogens is 982 g/mol. The zero-order valence-electron chi connectivity index (χ0n) is 36.3. The topological polar surface area (TPSA) is 98.4 Å². The Bertz CT molecular complexity index is 2110. The van der Waals surface area contributed by atoms with Crippen molar-refractivity contribution >= 4 is 97.9 Å². The molecule has 2 amide bonds. The summed E-state index contributed by atoms with van der Waals surface area (Å²) >= 11 is 28.2. The number of ether oxygens (including phenoxy) is 2. The van der Waals surface area contributed by atoms with Crippen molar-refractivity contribution in [2.75, 3.05) is 100 Å². The summed E-state index contributed by atoms with van der Waals surface area (Å²) in [7, 11) is 0. The van der Waals surface area contributed by atoms with Gasteiger partial charge in [0.1, 0.15) is 11.5 Å². The Kier molecular flexibility index (Phi) is 22.3. The number of hydrogen-bond donors (Lipinski definition) is 3. The van der Waals surface area contributed by atoms with E-state index in [-0.39, 0.29) is 24.2 Å². The summed E-state index contributed by atoms with van der Waals surface area (Å²) in [5.41, 5.74) is 5.80. The minimum Gasteiger partial charge on any atom is -0.494 e. The van der Waals surface area contributed by atoms with Crippen molar-refractivity contribution in [2.45, 2.75) is 51.4 Å². The highest BCUT2D eigenvalue weighted by Gasteiger charge is 2.20. The second-order valence-corrected chi connectivity index (χ2v) is 18.2.